The van der Waals surface area contributed by atoms with Gasteiger partial charge in [-0.25, -0.2) is 0 Å². The van der Waals surface area contributed by atoms with Gasteiger partial charge in [-0.2, -0.15) is 0 Å². The van der Waals surface area contributed by atoms with E-state index in [-0.39, 0.29) is 6.04 Å². The van der Waals surface area contributed by atoms with Gasteiger partial charge in [-0.15, -0.1) is 0 Å². The van der Waals surface area contributed by atoms with Crippen molar-refractivity contribution in [2.75, 3.05) is 12.8 Å². The Labute approximate surface area is 139 Å². The fourth-order valence-electron chi connectivity index (χ4n) is 2.84. The molecule has 3 nitrogen and oxygen atoms in total. The van der Waals surface area contributed by atoms with Crippen LogP contribution in [-0.4, -0.2) is 7.11 Å². The SMILES string of the molecule is CCCCC(NC(C)c1cccc(OC)c1)c1cccc(N)c1. The standard InChI is InChI=1S/C20H28N2O/c1-4-5-12-20(17-9-6-10-18(21)13-17)22-15(2)16-8-7-11-19(14-16)23-3/h6-11,13-15,20,22H,4-5,12,21H2,1-3H3. The van der Waals surface area contributed by atoms with Crippen LogP contribution >= 0.6 is 0 Å². The molecule has 2 unspecified atom stereocenters. The topological polar surface area (TPSA) is 47.3 Å². The second-order valence-corrected chi connectivity index (χ2v) is 6.03. The number of anilines is 1. The van der Waals surface area contributed by atoms with Gasteiger partial charge in [-0.3, -0.25) is 0 Å². The Morgan fingerprint density at radius 1 is 1.09 bits per heavy atom. The Morgan fingerprint density at radius 3 is 2.52 bits per heavy atom. The Hall–Kier alpha value is -2.00. The van der Waals surface area contributed by atoms with Gasteiger partial charge in [0.1, 0.15) is 5.75 Å². The lowest BCUT2D eigenvalue weighted by Gasteiger charge is -2.24. The molecule has 2 aromatic rings. The zero-order valence-electron chi connectivity index (χ0n) is 14.4. The fourth-order valence-corrected chi connectivity index (χ4v) is 2.84. The van der Waals surface area contributed by atoms with Gasteiger partial charge in [0.05, 0.1) is 7.11 Å². The molecule has 0 aliphatic heterocycles. The summed E-state index contributed by atoms with van der Waals surface area (Å²) in [5.74, 6) is 0.894. The number of rotatable bonds is 8. The molecule has 0 heterocycles. The van der Waals surface area contributed by atoms with E-state index in [0.717, 1.165) is 17.9 Å². The van der Waals surface area contributed by atoms with Gasteiger partial charge in [-0.1, -0.05) is 44.0 Å². The van der Waals surface area contributed by atoms with Crippen molar-refractivity contribution in [2.45, 2.75) is 45.2 Å². The molecule has 124 valence electrons. The maximum absolute atomic E-state index is 5.96. The van der Waals surface area contributed by atoms with Crippen molar-refractivity contribution < 1.29 is 4.74 Å². The van der Waals surface area contributed by atoms with Crippen molar-refractivity contribution in [1.29, 1.82) is 0 Å². The quantitative estimate of drug-likeness (QED) is 0.684. The predicted molar refractivity (Wildman–Crippen MR) is 97.7 cm³/mol. The molecule has 0 amide bonds. The zero-order chi connectivity index (χ0) is 16.7. The number of methoxy groups -OCH3 is 1. The molecule has 0 spiro atoms. The van der Waals surface area contributed by atoms with E-state index >= 15 is 0 Å². The second kappa shape index (κ2) is 8.59. The first-order valence-corrected chi connectivity index (χ1v) is 8.39. The highest BCUT2D eigenvalue weighted by atomic mass is 16.5. The van der Waals surface area contributed by atoms with Crippen LogP contribution in [0.1, 0.15) is 56.3 Å². The largest absolute Gasteiger partial charge is 0.497 e. The average molecular weight is 312 g/mol. The Kier molecular flexibility index (Phi) is 6.48. The molecular weight excluding hydrogens is 284 g/mol. The summed E-state index contributed by atoms with van der Waals surface area (Å²) >= 11 is 0. The van der Waals surface area contributed by atoms with Crippen molar-refractivity contribution in [1.82, 2.24) is 5.32 Å². The van der Waals surface area contributed by atoms with E-state index in [1.807, 2.05) is 24.3 Å². The minimum Gasteiger partial charge on any atom is -0.497 e. The highest BCUT2D eigenvalue weighted by molar-refractivity contribution is 5.42. The first-order chi connectivity index (χ1) is 11.1. The molecule has 0 saturated heterocycles. The van der Waals surface area contributed by atoms with Gasteiger partial charge >= 0.3 is 0 Å². The van der Waals surface area contributed by atoms with Crippen molar-refractivity contribution in [2.24, 2.45) is 0 Å². The number of unbranched alkanes of at least 4 members (excludes halogenated alkanes) is 1. The Balaban J connectivity index is 2.16. The van der Waals surface area contributed by atoms with Crippen molar-refractivity contribution in [3.05, 3.63) is 59.7 Å². The highest BCUT2D eigenvalue weighted by Gasteiger charge is 2.15. The molecule has 3 N–H and O–H groups in total. The van der Waals surface area contributed by atoms with E-state index in [1.165, 1.54) is 24.0 Å². The van der Waals surface area contributed by atoms with Crippen molar-refractivity contribution in [3.8, 4) is 5.75 Å². The smallest absolute Gasteiger partial charge is 0.119 e. The first-order valence-electron chi connectivity index (χ1n) is 8.39. The fraction of sp³-hybridized carbons (Fsp3) is 0.400. The minimum atomic E-state index is 0.244. The summed E-state index contributed by atoms with van der Waals surface area (Å²) in [5.41, 5.74) is 9.27. The zero-order valence-corrected chi connectivity index (χ0v) is 14.4. The van der Waals surface area contributed by atoms with Gasteiger partial charge < -0.3 is 15.8 Å². The van der Waals surface area contributed by atoms with Crippen LogP contribution < -0.4 is 15.8 Å². The highest BCUT2D eigenvalue weighted by Crippen LogP contribution is 2.26. The lowest BCUT2D eigenvalue weighted by atomic mass is 9.98. The molecule has 0 radical (unpaired) electrons. The van der Waals surface area contributed by atoms with Crippen molar-refractivity contribution >= 4 is 5.69 Å². The average Bonchev–Trinajstić information content (AvgIpc) is 2.58. The maximum Gasteiger partial charge on any atom is 0.119 e. The van der Waals surface area contributed by atoms with Crippen LogP contribution in [0.25, 0.3) is 0 Å². The molecule has 0 saturated carbocycles. The summed E-state index contributed by atoms with van der Waals surface area (Å²) in [6, 6.07) is 17.0. The summed E-state index contributed by atoms with van der Waals surface area (Å²) in [4.78, 5) is 0. The van der Waals surface area contributed by atoms with Crippen LogP contribution in [0.4, 0.5) is 5.69 Å². The number of nitrogens with two attached hydrogens (primary N) is 1. The summed E-state index contributed by atoms with van der Waals surface area (Å²) in [6.07, 6.45) is 3.49. The molecule has 2 rings (SSSR count). The van der Waals surface area contributed by atoms with Crippen LogP contribution in [0.15, 0.2) is 48.5 Å². The number of nitrogens with one attached hydrogen (secondary N) is 1. The van der Waals surface area contributed by atoms with E-state index in [1.54, 1.807) is 7.11 Å². The van der Waals surface area contributed by atoms with E-state index in [9.17, 15) is 0 Å². The number of ether oxygens (including phenoxy) is 1. The molecule has 0 aliphatic rings. The third-order valence-corrected chi connectivity index (χ3v) is 4.20. The lowest BCUT2D eigenvalue weighted by molar-refractivity contribution is 0.409. The van der Waals surface area contributed by atoms with E-state index in [0.29, 0.717) is 6.04 Å². The molecule has 0 bridgehead atoms. The van der Waals surface area contributed by atoms with Crippen molar-refractivity contribution in [3.63, 3.8) is 0 Å². The molecule has 0 fully saturated rings. The molecule has 2 atom stereocenters. The second-order valence-electron chi connectivity index (χ2n) is 6.03. The molecular formula is C20H28N2O. The maximum atomic E-state index is 5.96. The summed E-state index contributed by atoms with van der Waals surface area (Å²) in [6.45, 7) is 4.42. The molecule has 3 heteroatoms. The normalized spacial score (nSPS) is 13.5. The number of hydrogen-bond donors (Lipinski definition) is 2. The molecule has 23 heavy (non-hydrogen) atoms. The van der Waals surface area contributed by atoms with Gasteiger partial charge in [0.25, 0.3) is 0 Å². The Bertz CT molecular complexity index is 612. The Morgan fingerprint density at radius 2 is 1.83 bits per heavy atom. The van der Waals surface area contributed by atoms with E-state index in [2.05, 4.69) is 43.4 Å². The van der Waals surface area contributed by atoms with Crippen LogP contribution in [-0.2, 0) is 0 Å². The molecule has 0 aliphatic carbocycles. The van der Waals surface area contributed by atoms with Gasteiger partial charge in [0.15, 0.2) is 0 Å². The summed E-state index contributed by atoms with van der Waals surface area (Å²) in [7, 11) is 1.70. The molecule has 0 aromatic heterocycles. The lowest BCUT2D eigenvalue weighted by Crippen LogP contribution is -2.25. The number of hydrogen-bond acceptors (Lipinski definition) is 3. The van der Waals surface area contributed by atoms with E-state index in [4.69, 9.17) is 10.5 Å². The van der Waals surface area contributed by atoms with Gasteiger partial charge in [-0.05, 0) is 48.7 Å². The van der Waals surface area contributed by atoms with Gasteiger partial charge in [0.2, 0.25) is 0 Å². The monoisotopic (exact) mass is 312 g/mol. The summed E-state index contributed by atoms with van der Waals surface area (Å²) < 4.78 is 5.33. The van der Waals surface area contributed by atoms with Crippen LogP contribution in [0, 0.1) is 0 Å². The summed E-state index contributed by atoms with van der Waals surface area (Å²) in [5, 5.41) is 3.75. The predicted octanol–water partition coefficient (Wildman–Crippen LogP) is 4.86. The first kappa shape index (κ1) is 17.4. The third kappa shape index (κ3) is 5.00. The number of benzene rings is 2. The number of nitrogen functional groups attached to an aromatic ring is 1. The van der Waals surface area contributed by atoms with Crippen LogP contribution in [0.2, 0.25) is 0 Å². The van der Waals surface area contributed by atoms with Crippen LogP contribution in [0.3, 0.4) is 0 Å². The van der Waals surface area contributed by atoms with E-state index < -0.39 is 0 Å². The van der Waals surface area contributed by atoms with Gasteiger partial charge in [0, 0.05) is 17.8 Å². The van der Waals surface area contributed by atoms with Crippen LogP contribution in [0.5, 0.6) is 5.75 Å². The third-order valence-electron chi connectivity index (χ3n) is 4.20. The minimum absolute atomic E-state index is 0.244. The molecule has 2 aromatic carbocycles.